The average molecular weight is 356 g/mol. The fourth-order valence-corrected chi connectivity index (χ4v) is 5.17. The third kappa shape index (κ3) is 4.21. The molecule has 0 radical (unpaired) electrons. The molecule has 1 aliphatic carbocycles. The van der Waals surface area contributed by atoms with Crippen LogP contribution in [0.2, 0.25) is 10.1 Å². The number of nitrogens with zero attached hydrogens (tertiary/aromatic N) is 1. The number of hydrogen-bond donors (Lipinski definition) is 1. The van der Waals surface area contributed by atoms with Gasteiger partial charge in [0.05, 0.1) is 0 Å². The number of aliphatic hydroxyl groups excluding tert-OH is 1. The molecule has 0 aromatic rings. The standard InChI is InChI=1S/C17H27NO2Se/c1-11(2)13-9-20-16(18-13)12-7-6-8-14(12)21-10-15(19)17(3,4)5/h6-8,11,13-15,19H,9-10H2,1-5H3/t13-,14?,15?/m1/s1. The summed E-state index contributed by atoms with van der Waals surface area (Å²) in [6.07, 6.45) is 6.19. The number of ether oxygens (including phenoxy) is 1. The van der Waals surface area contributed by atoms with E-state index in [-0.39, 0.29) is 17.6 Å². The van der Waals surface area contributed by atoms with Crippen LogP contribution in [0.5, 0.6) is 0 Å². The zero-order valence-corrected chi connectivity index (χ0v) is 15.4. The Morgan fingerprint density at radius 3 is 2.71 bits per heavy atom. The van der Waals surface area contributed by atoms with Crippen LogP contribution in [0.25, 0.3) is 0 Å². The molecule has 2 rings (SSSR count). The normalized spacial score (nSPS) is 26.8. The monoisotopic (exact) mass is 357 g/mol. The van der Waals surface area contributed by atoms with E-state index in [1.807, 2.05) is 0 Å². The van der Waals surface area contributed by atoms with E-state index in [2.05, 4.69) is 52.8 Å². The summed E-state index contributed by atoms with van der Waals surface area (Å²) < 4.78 is 5.80. The number of allylic oxidation sites excluding steroid dienone is 3. The first kappa shape index (κ1) is 16.8. The van der Waals surface area contributed by atoms with Crippen molar-refractivity contribution in [2.24, 2.45) is 16.3 Å². The molecule has 2 unspecified atom stereocenters. The molecular formula is C17H27NO2Se. The molecule has 0 amide bonds. The summed E-state index contributed by atoms with van der Waals surface area (Å²) in [7, 11) is 0. The molecule has 0 fully saturated rings. The predicted octanol–water partition coefficient (Wildman–Crippen LogP) is 3.25. The van der Waals surface area contributed by atoms with Gasteiger partial charge in [0.2, 0.25) is 0 Å². The Balaban J connectivity index is 1.95. The van der Waals surface area contributed by atoms with Gasteiger partial charge in [0, 0.05) is 0 Å². The second-order valence-corrected chi connectivity index (χ2v) is 9.66. The first-order valence-electron chi connectivity index (χ1n) is 7.68. The van der Waals surface area contributed by atoms with Crippen molar-refractivity contribution in [3.05, 3.63) is 23.8 Å². The molecule has 0 saturated carbocycles. The van der Waals surface area contributed by atoms with Gasteiger partial charge in [0.1, 0.15) is 0 Å². The van der Waals surface area contributed by atoms with Crippen molar-refractivity contribution in [1.82, 2.24) is 0 Å². The van der Waals surface area contributed by atoms with E-state index in [9.17, 15) is 5.11 Å². The van der Waals surface area contributed by atoms with Crippen molar-refractivity contribution in [2.75, 3.05) is 6.61 Å². The van der Waals surface area contributed by atoms with Gasteiger partial charge in [-0.15, -0.1) is 0 Å². The van der Waals surface area contributed by atoms with Gasteiger partial charge in [0.15, 0.2) is 0 Å². The van der Waals surface area contributed by atoms with E-state index < -0.39 is 0 Å². The molecule has 1 N–H and O–H groups in total. The fourth-order valence-electron chi connectivity index (χ4n) is 2.13. The molecule has 3 atom stereocenters. The minimum atomic E-state index is -0.248. The second kappa shape index (κ2) is 6.68. The summed E-state index contributed by atoms with van der Waals surface area (Å²) in [4.78, 5) is 5.12. The van der Waals surface area contributed by atoms with E-state index in [4.69, 9.17) is 9.73 Å². The van der Waals surface area contributed by atoms with Crippen molar-refractivity contribution in [3.63, 3.8) is 0 Å². The molecule has 0 aromatic heterocycles. The van der Waals surface area contributed by atoms with Crippen LogP contribution in [0.1, 0.15) is 34.6 Å². The first-order chi connectivity index (χ1) is 9.79. The van der Waals surface area contributed by atoms with Crippen LogP contribution >= 0.6 is 0 Å². The van der Waals surface area contributed by atoms with Gasteiger partial charge >= 0.3 is 134 Å². The third-order valence-corrected chi connectivity index (χ3v) is 6.67. The Morgan fingerprint density at radius 1 is 1.43 bits per heavy atom. The number of hydrogen-bond acceptors (Lipinski definition) is 3. The molecule has 1 aliphatic heterocycles. The molecule has 0 aromatic carbocycles. The van der Waals surface area contributed by atoms with Crippen LogP contribution in [-0.2, 0) is 4.74 Å². The van der Waals surface area contributed by atoms with E-state index in [0.717, 1.165) is 11.2 Å². The summed E-state index contributed by atoms with van der Waals surface area (Å²) in [5.41, 5.74) is 1.16. The van der Waals surface area contributed by atoms with Gasteiger partial charge in [-0.05, 0) is 0 Å². The van der Waals surface area contributed by atoms with Crippen LogP contribution < -0.4 is 0 Å². The Labute approximate surface area is 134 Å². The number of rotatable bonds is 5. The first-order valence-corrected chi connectivity index (χ1v) is 9.88. The van der Waals surface area contributed by atoms with Gasteiger partial charge < -0.3 is 0 Å². The van der Waals surface area contributed by atoms with Crippen LogP contribution in [0, 0.1) is 11.3 Å². The van der Waals surface area contributed by atoms with Gasteiger partial charge in [-0.1, -0.05) is 0 Å². The van der Waals surface area contributed by atoms with Crippen LogP contribution in [-0.4, -0.2) is 44.7 Å². The molecule has 0 spiro atoms. The zero-order valence-electron chi connectivity index (χ0n) is 13.7. The maximum absolute atomic E-state index is 10.2. The fraction of sp³-hybridized carbons (Fsp3) is 0.706. The van der Waals surface area contributed by atoms with E-state index in [1.165, 1.54) is 5.57 Å². The van der Waals surface area contributed by atoms with Crippen LogP contribution in [0.4, 0.5) is 0 Å². The maximum atomic E-state index is 10.2. The van der Waals surface area contributed by atoms with Crippen molar-refractivity contribution >= 4 is 20.9 Å². The number of aliphatic hydroxyl groups is 1. The SMILES string of the molecule is CC(C)[C@H]1COC(C2=CC=CC2[Se]CC(O)C(C)(C)C)=N1. The average Bonchev–Trinajstić information content (AvgIpc) is 3.02. The molecule has 21 heavy (non-hydrogen) atoms. The topological polar surface area (TPSA) is 41.8 Å². The van der Waals surface area contributed by atoms with Crippen molar-refractivity contribution in [1.29, 1.82) is 0 Å². The zero-order chi connectivity index (χ0) is 15.6. The molecule has 3 nitrogen and oxygen atoms in total. The van der Waals surface area contributed by atoms with E-state index in [1.54, 1.807) is 0 Å². The summed E-state index contributed by atoms with van der Waals surface area (Å²) in [5, 5.41) is 11.1. The molecule has 118 valence electrons. The Hall–Kier alpha value is -0.571. The third-order valence-electron chi connectivity index (χ3n) is 3.99. The van der Waals surface area contributed by atoms with Gasteiger partial charge in [-0.2, -0.15) is 0 Å². The van der Waals surface area contributed by atoms with Gasteiger partial charge in [0.25, 0.3) is 0 Å². The van der Waals surface area contributed by atoms with E-state index in [0.29, 0.717) is 32.3 Å². The van der Waals surface area contributed by atoms with Crippen molar-refractivity contribution in [2.45, 2.75) is 56.9 Å². The molecule has 1 heterocycles. The summed E-state index contributed by atoms with van der Waals surface area (Å²) in [5.74, 6) is 1.35. The Morgan fingerprint density at radius 2 is 2.14 bits per heavy atom. The second-order valence-electron chi connectivity index (χ2n) is 7.20. The van der Waals surface area contributed by atoms with Crippen LogP contribution in [0.3, 0.4) is 0 Å². The van der Waals surface area contributed by atoms with E-state index >= 15 is 0 Å². The number of aliphatic imine (C=N–C) groups is 1. The minimum absolute atomic E-state index is 0.0436. The van der Waals surface area contributed by atoms with Crippen LogP contribution in [0.15, 0.2) is 28.8 Å². The quantitative estimate of drug-likeness (QED) is 0.769. The van der Waals surface area contributed by atoms with Crippen molar-refractivity contribution < 1.29 is 9.84 Å². The molecule has 0 bridgehead atoms. The summed E-state index contributed by atoms with van der Waals surface area (Å²) in [6.45, 7) is 11.3. The van der Waals surface area contributed by atoms with Gasteiger partial charge in [-0.25, -0.2) is 0 Å². The molecule has 0 saturated heterocycles. The van der Waals surface area contributed by atoms with Crippen molar-refractivity contribution in [3.8, 4) is 0 Å². The van der Waals surface area contributed by atoms with Gasteiger partial charge in [-0.3, -0.25) is 0 Å². The molecule has 4 heteroatoms. The molecule has 2 aliphatic rings. The Kier molecular flexibility index (Phi) is 5.34. The Bertz CT molecular complexity index is 460. The molecular weight excluding hydrogens is 329 g/mol. The predicted molar refractivity (Wildman–Crippen MR) is 89.0 cm³/mol. The summed E-state index contributed by atoms with van der Waals surface area (Å²) >= 11 is 0.327. The summed E-state index contributed by atoms with van der Waals surface area (Å²) in [6, 6.07) is 0.287.